The summed E-state index contributed by atoms with van der Waals surface area (Å²) in [7, 11) is 3.07. The van der Waals surface area contributed by atoms with Crippen molar-refractivity contribution in [1.29, 1.82) is 0 Å². The third kappa shape index (κ3) is 5.00. The summed E-state index contributed by atoms with van der Waals surface area (Å²) in [6.45, 7) is 1.17. The number of aliphatic hydroxyl groups excluding tert-OH is 3. The van der Waals surface area contributed by atoms with E-state index >= 15 is 0 Å². The number of aliphatic hydroxyl groups is 3. The molecule has 11 nitrogen and oxygen atoms in total. The predicted molar refractivity (Wildman–Crippen MR) is 128 cm³/mol. The Balaban J connectivity index is 1.51. The van der Waals surface area contributed by atoms with Gasteiger partial charge in [0.05, 0.1) is 27.7 Å². The Bertz CT molecular complexity index is 1270. The van der Waals surface area contributed by atoms with Gasteiger partial charge in [-0.1, -0.05) is 34.5 Å². The van der Waals surface area contributed by atoms with Crippen LogP contribution < -0.4 is 4.74 Å². The first-order valence-electron chi connectivity index (χ1n) is 10.9. The van der Waals surface area contributed by atoms with Crippen molar-refractivity contribution >= 4 is 40.2 Å². The van der Waals surface area contributed by atoms with Gasteiger partial charge in [0.25, 0.3) is 0 Å². The molecule has 4 rings (SSSR count). The van der Waals surface area contributed by atoms with Gasteiger partial charge in [0.2, 0.25) is 0 Å². The number of benzene rings is 2. The summed E-state index contributed by atoms with van der Waals surface area (Å²) in [5, 5.41) is 38.1. The molecule has 1 saturated heterocycles. The van der Waals surface area contributed by atoms with Crippen LogP contribution in [0.5, 0.6) is 5.75 Å². The highest BCUT2D eigenvalue weighted by Crippen LogP contribution is 2.39. The Morgan fingerprint density at radius 3 is 2.67 bits per heavy atom. The molecule has 13 heteroatoms. The number of halogens is 2. The molecule has 1 aromatic heterocycles. The minimum atomic E-state index is -1.56. The fourth-order valence-corrected chi connectivity index (χ4v) is 4.49. The maximum atomic E-state index is 13.0. The molecule has 0 saturated carbocycles. The van der Waals surface area contributed by atoms with Crippen LogP contribution in [-0.2, 0) is 27.9 Å². The smallest absolute Gasteiger partial charge is 0.339 e. The lowest BCUT2D eigenvalue weighted by molar-refractivity contribution is -0.293. The highest BCUT2D eigenvalue weighted by molar-refractivity contribution is 6.38. The van der Waals surface area contributed by atoms with Crippen LogP contribution in [0.4, 0.5) is 0 Å². The Kier molecular flexibility index (Phi) is 8.00. The maximum absolute atomic E-state index is 13.0. The van der Waals surface area contributed by atoms with Gasteiger partial charge >= 0.3 is 5.97 Å². The number of hydrogen-bond donors (Lipinski definition) is 3. The maximum Gasteiger partial charge on any atom is 0.339 e. The Hall–Kier alpha value is -2.51. The number of esters is 1. The molecule has 2 aromatic carbocycles. The molecule has 3 N–H and O–H groups in total. The van der Waals surface area contributed by atoms with E-state index in [-0.39, 0.29) is 28.0 Å². The van der Waals surface area contributed by atoms with Crippen molar-refractivity contribution in [3.63, 3.8) is 0 Å². The van der Waals surface area contributed by atoms with Gasteiger partial charge in [0, 0.05) is 14.2 Å². The molecule has 1 fully saturated rings. The van der Waals surface area contributed by atoms with E-state index in [1.165, 1.54) is 13.2 Å². The number of aromatic nitrogens is 3. The van der Waals surface area contributed by atoms with Gasteiger partial charge in [-0.15, -0.1) is 5.10 Å². The summed E-state index contributed by atoms with van der Waals surface area (Å²) in [6, 6.07) is 6.92. The number of rotatable bonds is 7. The Morgan fingerprint density at radius 2 is 1.97 bits per heavy atom. The molecular weight excluding hydrogens is 517 g/mol. The summed E-state index contributed by atoms with van der Waals surface area (Å²) in [6.07, 6.45) is -6.75. The second kappa shape index (κ2) is 10.9. The van der Waals surface area contributed by atoms with Crippen molar-refractivity contribution in [3.05, 3.63) is 51.0 Å². The fraction of sp³-hybridized carbons (Fsp3) is 0.435. The van der Waals surface area contributed by atoms with Gasteiger partial charge in [-0.25, -0.2) is 9.48 Å². The molecule has 0 amide bonds. The van der Waals surface area contributed by atoms with E-state index in [4.69, 9.17) is 42.1 Å². The predicted octanol–water partition coefficient (Wildman–Crippen LogP) is 1.77. The third-order valence-corrected chi connectivity index (χ3v) is 6.73. The number of nitrogens with zero attached hydrogens (tertiary/aromatic N) is 3. The molecule has 0 radical (unpaired) electrons. The summed E-state index contributed by atoms with van der Waals surface area (Å²) < 4.78 is 23.4. The molecule has 0 unspecified atom stereocenters. The number of carbonyl (C=O) groups is 1. The topological polar surface area (TPSA) is 145 Å². The van der Waals surface area contributed by atoms with E-state index in [1.54, 1.807) is 18.7 Å². The van der Waals surface area contributed by atoms with Crippen molar-refractivity contribution < 1.29 is 39.1 Å². The molecule has 36 heavy (non-hydrogen) atoms. The van der Waals surface area contributed by atoms with Crippen molar-refractivity contribution in [2.45, 2.75) is 44.2 Å². The van der Waals surface area contributed by atoms with Crippen LogP contribution in [0.3, 0.4) is 0 Å². The zero-order valence-corrected chi connectivity index (χ0v) is 21.1. The minimum Gasteiger partial charge on any atom is -0.486 e. The Labute approximate surface area is 216 Å². The van der Waals surface area contributed by atoms with E-state index < -0.39 is 43.3 Å². The van der Waals surface area contributed by atoms with Crippen LogP contribution in [0.15, 0.2) is 24.3 Å². The molecule has 1 aliphatic rings. The summed E-state index contributed by atoms with van der Waals surface area (Å²) in [4.78, 5) is 13.0. The van der Waals surface area contributed by atoms with Gasteiger partial charge in [-0.05, 0) is 36.2 Å². The van der Waals surface area contributed by atoms with Crippen LogP contribution in [0, 0.1) is 6.92 Å². The average Bonchev–Trinajstić information content (AvgIpc) is 3.24. The zero-order valence-electron chi connectivity index (χ0n) is 19.6. The van der Waals surface area contributed by atoms with E-state index in [0.717, 1.165) is 11.1 Å². The first-order chi connectivity index (χ1) is 17.2. The zero-order chi connectivity index (χ0) is 26.1. The second-order valence-corrected chi connectivity index (χ2v) is 9.10. The van der Waals surface area contributed by atoms with Crippen LogP contribution in [0.2, 0.25) is 10.0 Å². The van der Waals surface area contributed by atoms with Crippen LogP contribution in [0.25, 0.3) is 11.0 Å². The molecule has 194 valence electrons. The lowest BCUT2D eigenvalue weighted by Crippen LogP contribution is -2.60. The van der Waals surface area contributed by atoms with Gasteiger partial charge in [-0.3, -0.25) is 0 Å². The SMILES string of the molecule is CO[C@H]1O[C@H](CO)[C@@H](O)[C@H](O)[C@H]1OC(=O)c1cc(Cl)c(OCc2ccc3c(c2)nnn3C)c(Cl)c1C. The molecular formula is C23H25Cl2N3O8. The second-order valence-electron chi connectivity index (χ2n) is 8.31. The van der Waals surface area contributed by atoms with Crippen molar-refractivity contribution in [2.75, 3.05) is 13.7 Å². The average molecular weight is 542 g/mol. The van der Waals surface area contributed by atoms with Crippen LogP contribution in [-0.4, -0.2) is 80.7 Å². The van der Waals surface area contributed by atoms with E-state index in [0.29, 0.717) is 11.1 Å². The molecule has 5 atom stereocenters. The quantitative estimate of drug-likeness (QED) is 0.378. The Morgan fingerprint density at radius 1 is 1.22 bits per heavy atom. The minimum absolute atomic E-state index is 0.0270. The lowest BCUT2D eigenvalue weighted by atomic mass is 9.99. The number of fused-ring (bicyclic) bond motifs is 1. The molecule has 0 bridgehead atoms. The van der Waals surface area contributed by atoms with Gasteiger partial charge in [0.1, 0.15) is 30.4 Å². The van der Waals surface area contributed by atoms with Gasteiger partial charge < -0.3 is 34.3 Å². The van der Waals surface area contributed by atoms with Crippen LogP contribution in [0.1, 0.15) is 21.5 Å². The van der Waals surface area contributed by atoms with Crippen molar-refractivity contribution in [1.82, 2.24) is 15.0 Å². The third-order valence-electron chi connectivity index (χ3n) is 6.00. The monoisotopic (exact) mass is 541 g/mol. The molecule has 0 aliphatic carbocycles. The molecule has 2 heterocycles. The molecule has 0 spiro atoms. The summed E-state index contributed by atoms with van der Waals surface area (Å²) >= 11 is 12.9. The highest BCUT2D eigenvalue weighted by atomic mass is 35.5. The number of ether oxygens (including phenoxy) is 4. The first kappa shape index (κ1) is 26.6. The standard InChI is InChI=1S/C23H25Cl2N3O8/c1-10-12(22(32)36-21-19(31)18(30)16(8-29)35-23(21)33-3)7-13(24)20(17(10)25)34-9-11-4-5-15-14(6-11)26-27-28(15)2/h4-7,16,18-19,21,23,29-31H,8-9H2,1-3H3/t16-,18-,19+,21-,23+/m1/s1. The first-order valence-corrected chi connectivity index (χ1v) is 11.7. The lowest BCUT2D eigenvalue weighted by Gasteiger charge is -2.40. The van der Waals surface area contributed by atoms with E-state index in [9.17, 15) is 20.1 Å². The number of carbonyl (C=O) groups excluding carboxylic acids is 1. The molecule has 1 aliphatic heterocycles. The van der Waals surface area contributed by atoms with Gasteiger partial charge in [-0.2, -0.15) is 0 Å². The van der Waals surface area contributed by atoms with E-state index in [1.807, 2.05) is 18.2 Å². The van der Waals surface area contributed by atoms with Crippen molar-refractivity contribution in [2.24, 2.45) is 7.05 Å². The summed E-state index contributed by atoms with van der Waals surface area (Å²) in [5.41, 5.74) is 2.76. The number of hydrogen-bond acceptors (Lipinski definition) is 10. The normalized spacial score (nSPS) is 24.2. The molecule has 3 aromatic rings. The highest BCUT2D eigenvalue weighted by Gasteiger charge is 2.47. The van der Waals surface area contributed by atoms with E-state index in [2.05, 4.69) is 10.3 Å². The van der Waals surface area contributed by atoms with Gasteiger partial charge in [0.15, 0.2) is 18.1 Å². The number of methoxy groups -OCH3 is 1. The van der Waals surface area contributed by atoms with Crippen LogP contribution >= 0.6 is 23.2 Å². The van der Waals surface area contributed by atoms with Crippen molar-refractivity contribution in [3.8, 4) is 5.75 Å². The largest absolute Gasteiger partial charge is 0.486 e. The summed E-state index contributed by atoms with van der Waals surface area (Å²) in [5.74, 6) is -0.691. The number of aryl methyl sites for hydroxylation is 1. The fourth-order valence-electron chi connectivity index (χ4n) is 3.93.